The molecule has 16 heavy (non-hydrogen) atoms. The third-order valence-corrected chi connectivity index (χ3v) is 2.45. The van der Waals surface area contributed by atoms with Gasteiger partial charge in [-0.15, -0.1) is 0 Å². The molecule has 1 aromatic carbocycles. The van der Waals surface area contributed by atoms with Crippen LogP contribution in [0.3, 0.4) is 0 Å². The lowest BCUT2D eigenvalue weighted by molar-refractivity contribution is -0.130. The molecule has 0 aliphatic heterocycles. The average Bonchev–Trinajstić information content (AvgIpc) is 2.30. The first kappa shape index (κ1) is 12.7. The van der Waals surface area contributed by atoms with Crippen LogP contribution in [0.15, 0.2) is 30.3 Å². The Bertz CT molecular complexity index is 311. The summed E-state index contributed by atoms with van der Waals surface area (Å²) in [6.45, 7) is 4.40. The van der Waals surface area contributed by atoms with E-state index in [4.69, 9.17) is 0 Å². The molecular formula is C13H20N2O. The van der Waals surface area contributed by atoms with Crippen molar-refractivity contribution in [3.63, 3.8) is 0 Å². The third kappa shape index (κ3) is 4.45. The van der Waals surface area contributed by atoms with E-state index in [2.05, 4.69) is 5.32 Å². The van der Waals surface area contributed by atoms with Crippen molar-refractivity contribution in [1.29, 1.82) is 0 Å². The smallest absolute Gasteiger partial charge is 0.223 e. The summed E-state index contributed by atoms with van der Waals surface area (Å²) in [4.78, 5) is 13.5. The molecule has 0 radical (unpaired) electrons. The Balaban J connectivity index is 2.34. The Morgan fingerprint density at radius 3 is 2.62 bits per heavy atom. The highest BCUT2D eigenvalue weighted by molar-refractivity contribution is 5.76. The van der Waals surface area contributed by atoms with Crippen LogP contribution >= 0.6 is 0 Å². The molecule has 1 aromatic rings. The molecule has 0 aromatic heterocycles. The van der Waals surface area contributed by atoms with Crippen LogP contribution in [0, 0.1) is 0 Å². The molecule has 3 nitrogen and oxygen atoms in total. The monoisotopic (exact) mass is 220 g/mol. The highest BCUT2D eigenvalue weighted by Crippen LogP contribution is 2.03. The van der Waals surface area contributed by atoms with Crippen molar-refractivity contribution in [2.75, 3.05) is 20.1 Å². The highest BCUT2D eigenvalue weighted by atomic mass is 16.2. The first-order valence-corrected chi connectivity index (χ1v) is 5.72. The van der Waals surface area contributed by atoms with Gasteiger partial charge in [0.2, 0.25) is 5.91 Å². The summed E-state index contributed by atoms with van der Waals surface area (Å²) in [5.41, 5.74) is 1.17. The summed E-state index contributed by atoms with van der Waals surface area (Å²) in [5, 5.41) is 3.15. The first-order valence-electron chi connectivity index (χ1n) is 5.72. The van der Waals surface area contributed by atoms with E-state index in [1.54, 1.807) is 4.90 Å². The fraction of sp³-hybridized carbons (Fsp3) is 0.462. The molecule has 1 amide bonds. The van der Waals surface area contributed by atoms with Gasteiger partial charge in [-0.05, 0) is 12.1 Å². The van der Waals surface area contributed by atoms with Crippen LogP contribution in [-0.4, -0.2) is 30.9 Å². The van der Waals surface area contributed by atoms with E-state index in [1.807, 2.05) is 44.3 Å². The number of rotatable bonds is 6. The van der Waals surface area contributed by atoms with Crippen LogP contribution < -0.4 is 5.32 Å². The van der Waals surface area contributed by atoms with Gasteiger partial charge in [0, 0.05) is 26.6 Å². The Labute approximate surface area is 97.5 Å². The lowest BCUT2D eigenvalue weighted by Crippen LogP contribution is -2.29. The Hall–Kier alpha value is -1.35. The van der Waals surface area contributed by atoms with Crippen molar-refractivity contribution in [2.45, 2.75) is 19.9 Å². The van der Waals surface area contributed by atoms with Crippen molar-refractivity contribution in [3.8, 4) is 0 Å². The second-order valence-corrected chi connectivity index (χ2v) is 3.84. The summed E-state index contributed by atoms with van der Waals surface area (Å²) in [6.07, 6.45) is 0.567. The molecule has 1 rings (SSSR count). The maximum Gasteiger partial charge on any atom is 0.223 e. The van der Waals surface area contributed by atoms with Crippen LogP contribution in [0.4, 0.5) is 0 Å². The van der Waals surface area contributed by atoms with Crippen LogP contribution in [0.1, 0.15) is 18.9 Å². The van der Waals surface area contributed by atoms with E-state index >= 15 is 0 Å². The van der Waals surface area contributed by atoms with E-state index in [0.717, 1.165) is 13.1 Å². The quantitative estimate of drug-likeness (QED) is 0.739. The van der Waals surface area contributed by atoms with Gasteiger partial charge in [-0.2, -0.15) is 0 Å². The summed E-state index contributed by atoms with van der Waals surface area (Å²) >= 11 is 0. The van der Waals surface area contributed by atoms with E-state index in [-0.39, 0.29) is 5.91 Å². The maximum atomic E-state index is 11.7. The number of amides is 1. The Morgan fingerprint density at radius 1 is 1.31 bits per heavy atom. The van der Waals surface area contributed by atoms with E-state index < -0.39 is 0 Å². The SMILES string of the molecule is CCNCCC(=O)N(C)Cc1ccccc1. The largest absolute Gasteiger partial charge is 0.341 e. The van der Waals surface area contributed by atoms with Crippen LogP contribution in [0.2, 0.25) is 0 Å². The topological polar surface area (TPSA) is 32.3 Å². The van der Waals surface area contributed by atoms with Gasteiger partial charge in [0.05, 0.1) is 0 Å². The van der Waals surface area contributed by atoms with Gasteiger partial charge in [0.1, 0.15) is 0 Å². The van der Waals surface area contributed by atoms with Crippen LogP contribution in [-0.2, 0) is 11.3 Å². The zero-order valence-electron chi connectivity index (χ0n) is 10.1. The summed E-state index contributed by atoms with van der Waals surface area (Å²) in [5.74, 6) is 0.185. The minimum atomic E-state index is 0.185. The van der Waals surface area contributed by atoms with Crippen LogP contribution in [0.5, 0.6) is 0 Å². The number of hydrogen-bond donors (Lipinski definition) is 1. The molecule has 0 aliphatic carbocycles. The molecule has 0 saturated carbocycles. The van der Waals surface area contributed by atoms with E-state index in [0.29, 0.717) is 13.0 Å². The minimum Gasteiger partial charge on any atom is -0.341 e. The second kappa shape index (κ2) is 7.01. The van der Waals surface area contributed by atoms with Crippen molar-refractivity contribution >= 4 is 5.91 Å². The average molecular weight is 220 g/mol. The van der Waals surface area contributed by atoms with E-state index in [1.165, 1.54) is 5.56 Å². The molecule has 0 bridgehead atoms. The van der Waals surface area contributed by atoms with Gasteiger partial charge in [0.15, 0.2) is 0 Å². The Kier molecular flexibility index (Phi) is 5.57. The lowest BCUT2D eigenvalue weighted by atomic mass is 10.2. The lowest BCUT2D eigenvalue weighted by Gasteiger charge is -2.17. The molecule has 0 spiro atoms. The number of benzene rings is 1. The van der Waals surface area contributed by atoms with Crippen LogP contribution in [0.25, 0.3) is 0 Å². The predicted octanol–water partition coefficient (Wildman–Crippen LogP) is 1.64. The maximum absolute atomic E-state index is 11.7. The minimum absolute atomic E-state index is 0.185. The van der Waals surface area contributed by atoms with Gasteiger partial charge < -0.3 is 10.2 Å². The number of hydrogen-bond acceptors (Lipinski definition) is 2. The summed E-state index contributed by atoms with van der Waals surface area (Å²) < 4.78 is 0. The molecule has 0 unspecified atom stereocenters. The van der Waals surface area contributed by atoms with Crippen molar-refractivity contribution in [3.05, 3.63) is 35.9 Å². The molecule has 1 N–H and O–H groups in total. The molecule has 0 fully saturated rings. The van der Waals surface area contributed by atoms with Crippen molar-refractivity contribution in [2.24, 2.45) is 0 Å². The molecule has 0 heterocycles. The van der Waals surface area contributed by atoms with Gasteiger partial charge in [-0.3, -0.25) is 4.79 Å². The van der Waals surface area contributed by atoms with Gasteiger partial charge in [-0.1, -0.05) is 37.3 Å². The summed E-state index contributed by atoms with van der Waals surface area (Å²) in [7, 11) is 1.85. The summed E-state index contributed by atoms with van der Waals surface area (Å²) in [6, 6.07) is 10.0. The zero-order valence-corrected chi connectivity index (χ0v) is 10.1. The van der Waals surface area contributed by atoms with Gasteiger partial charge in [0.25, 0.3) is 0 Å². The normalized spacial score (nSPS) is 10.1. The van der Waals surface area contributed by atoms with Crippen molar-refractivity contribution in [1.82, 2.24) is 10.2 Å². The number of carbonyl (C=O) groups is 1. The van der Waals surface area contributed by atoms with E-state index in [9.17, 15) is 4.79 Å². The standard InChI is InChI=1S/C13H20N2O/c1-3-14-10-9-13(16)15(2)11-12-7-5-4-6-8-12/h4-8,14H,3,9-11H2,1-2H3. The molecule has 0 atom stereocenters. The first-order chi connectivity index (χ1) is 7.74. The predicted molar refractivity (Wildman–Crippen MR) is 66.1 cm³/mol. The fourth-order valence-electron chi connectivity index (χ4n) is 1.51. The fourth-order valence-corrected chi connectivity index (χ4v) is 1.51. The molecular weight excluding hydrogens is 200 g/mol. The number of carbonyl (C=O) groups excluding carboxylic acids is 1. The number of nitrogens with zero attached hydrogens (tertiary/aromatic N) is 1. The highest BCUT2D eigenvalue weighted by Gasteiger charge is 2.07. The third-order valence-electron chi connectivity index (χ3n) is 2.45. The van der Waals surface area contributed by atoms with Gasteiger partial charge in [-0.25, -0.2) is 0 Å². The molecule has 0 aliphatic rings. The zero-order chi connectivity index (χ0) is 11.8. The molecule has 3 heteroatoms. The van der Waals surface area contributed by atoms with Crippen molar-refractivity contribution < 1.29 is 4.79 Å². The Morgan fingerprint density at radius 2 is 2.00 bits per heavy atom. The number of nitrogens with one attached hydrogen (secondary N) is 1. The molecule has 0 saturated heterocycles. The molecule has 88 valence electrons. The van der Waals surface area contributed by atoms with Gasteiger partial charge >= 0.3 is 0 Å². The second-order valence-electron chi connectivity index (χ2n) is 3.84.